The van der Waals surface area contributed by atoms with Gasteiger partial charge in [0, 0.05) is 17.7 Å². The van der Waals surface area contributed by atoms with Crippen LogP contribution in [0.3, 0.4) is 0 Å². The van der Waals surface area contributed by atoms with Crippen molar-refractivity contribution in [2.24, 2.45) is 0 Å². The molecule has 0 unspecified atom stereocenters. The molecule has 11 nitrogen and oxygen atoms in total. The fourth-order valence-corrected chi connectivity index (χ4v) is 3.40. The molecule has 0 radical (unpaired) electrons. The topological polar surface area (TPSA) is 187 Å². The van der Waals surface area contributed by atoms with Crippen molar-refractivity contribution in [1.82, 2.24) is 0 Å². The highest BCUT2D eigenvalue weighted by Gasteiger charge is 2.48. The Morgan fingerprint density at radius 2 is 1.66 bits per heavy atom. The van der Waals surface area contributed by atoms with Gasteiger partial charge < -0.3 is 44.5 Å². The van der Waals surface area contributed by atoms with Gasteiger partial charge >= 0.3 is 5.97 Å². The molecular weight excluding hydrogens is 428 g/mol. The van der Waals surface area contributed by atoms with Crippen molar-refractivity contribution in [2.45, 2.75) is 30.7 Å². The van der Waals surface area contributed by atoms with E-state index in [1.165, 1.54) is 0 Å². The molecule has 0 bridgehead atoms. The average Bonchev–Trinajstić information content (AvgIpc) is 2.76. The molecular formula is C21H18O11. The van der Waals surface area contributed by atoms with Crippen molar-refractivity contribution < 1.29 is 49.3 Å². The van der Waals surface area contributed by atoms with Gasteiger partial charge in [0.15, 0.2) is 11.9 Å². The monoisotopic (exact) mass is 446 g/mol. The first-order valence-corrected chi connectivity index (χ1v) is 9.36. The standard InChI is InChI=1S/C21H18O11/c22-10-6-9(30-21-17(27)14(24)16(26)19(32-21)20(28)29)7-11-12(10)13(23)15(25)18(31-11)8-4-2-1-3-5-8/h1-7,14,16-17,19,21-22,24-27H,(H,28,29)/t14-,16-,17+,19-,21+/m0/s1. The van der Waals surface area contributed by atoms with Gasteiger partial charge in [-0.1, -0.05) is 30.3 Å². The first-order chi connectivity index (χ1) is 15.2. The molecule has 168 valence electrons. The van der Waals surface area contributed by atoms with E-state index in [0.717, 1.165) is 12.1 Å². The molecule has 1 aliphatic heterocycles. The molecule has 3 aromatic rings. The fourth-order valence-electron chi connectivity index (χ4n) is 3.40. The number of carbonyl (C=O) groups is 1. The Labute approximate surface area is 178 Å². The number of carboxylic acid groups (broad SMARTS) is 1. The number of carboxylic acids is 1. The minimum Gasteiger partial charge on any atom is -0.507 e. The van der Waals surface area contributed by atoms with Crippen LogP contribution in [0.5, 0.6) is 17.2 Å². The van der Waals surface area contributed by atoms with Crippen molar-refractivity contribution in [3.8, 4) is 28.6 Å². The summed E-state index contributed by atoms with van der Waals surface area (Å²) in [6, 6.07) is 10.4. The number of rotatable bonds is 4. The quantitative estimate of drug-likeness (QED) is 0.320. The van der Waals surface area contributed by atoms with E-state index >= 15 is 0 Å². The van der Waals surface area contributed by atoms with Gasteiger partial charge in [-0.25, -0.2) is 4.79 Å². The predicted molar refractivity (Wildman–Crippen MR) is 106 cm³/mol. The van der Waals surface area contributed by atoms with Gasteiger partial charge in [-0.3, -0.25) is 4.79 Å². The number of aliphatic hydroxyl groups excluding tert-OH is 3. The van der Waals surface area contributed by atoms with E-state index in [4.69, 9.17) is 19.0 Å². The van der Waals surface area contributed by atoms with Crippen molar-refractivity contribution in [3.05, 3.63) is 52.7 Å². The second kappa shape index (κ2) is 8.13. The summed E-state index contributed by atoms with van der Waals surface area (Å²) in [5, 5.41) is 59.1. The molecule has 1 saturated heterocycles. The third-order valence-corrected chi connectivity index (χ3v) is 5.03. The Balaban J connectivity index is 1.75. The minimum atomic E-state index is -1.90. The van der Waals surface area contributed by atoms with Crippen LogP contribution < -0.4 is 10.2 Å². The van der Waals surface area contributed by atoms with Crippen molar-refractivity contribution in [2.75, 3.05) is 0 Å². The number of aliphatic hydroxyl groups is 3. The summed E-state index contributed by atoms with van der Waals surface area (Å²) in [6.45, 7) is 0. The van der Waals surface area contributed by atoms with Gasteiger partial charge in [-0.05, 0) is 0 Å². The third kappa shape index (κ3) is 3.63. The maximum absolute atomic E-state index is 12.6. The molecule has 1 aromatic heterocycles. The number of hydrogen-bond acceptors (Lipinski definition) is 10. The summed E-state index contributed by atoms with van der Waals surface area (Å²) < 4.78 is 16.0. The zero-order valence-corrected chi connectivity index (χ0v) is 16.2. The largest absolute Gasteiger partial charge is 0.507 e. The smallest absolute Gasteiger partial charge is 0.335 e. The maximum atomic E-state index is 12.6. The van der Waals surface area contributed by atoms with Gasteiger partial charge in [0.1, 0.15) is 40.8 Å². The van der Waals surface area contributed by atoms with Crippen molar-refractivity contribution in [3.63, 3.8) is 0 Å². The van der Waals surface area contributed by atoms with E-state index in [2.05, 4.69) is 0 Å². The molecule has 0 aliphatic carbocycles. The van der Waals surface area contributed by atoms with Gasteiger partial charge in [0.2, 0.25) is 17.5 Å². The van der Waals surface area contributed by atoms with Crippen LogP contribution in [0, 0.1) is 0 Å². The number of phenolic OH excluding ortho intramolecular Hbond substituents is 1. The summed E-state index contributed by atoms with van der Waals surface area (Å²) in [5.41, 5.74) is -0.683. The molecule has 4 rings (SSSR count). The first-order valence-electron chi connectivity index (χ1n) is 9.36. The Kier molecular flexibility index (Phi) is 5.48. The molecule has 6 N–H and O–H groups in total. The second-order valence-electron chi connectivity index (χ2n) is 7.14. The Morgan fingerprint density at radius 1 is 0.969 bits per heavy atom. The van der Waals surface area contributed by atoms with Crippen LogP contribution in [0.4, 0.5) is 0 Å². The predicted octanol–water partition coefficient (Wildman–Crippen LogP) is 0.142. The molecule has 1 aliphatic rings. The summed E-state index contributed by atoms with van der Waals surface area (Å²) in [4.78, 5) is 23.8. The summed E-state index contributed by atoms with van der Waals surface area (Å²) in [6.07, 6.45) is -9.23. The number of aliphatic carboxylic acids is 1. The van der Waals surface area contributed by atoms with Crippen LogP contribution in [0.1, 0.15) is 0 Å². The van der Waals surface area contributed by atoms with E-state index < -0.39 is 53.6 Å². The van der Waals surface area contributed by atoms with E-state index in [9.17, 15) is 35.1 Å². The third-order valence-electron chi connectivity index (χ3n) is 5.03. The molecule has 1 fully saturated rings. The molecule has 0 spiro atoms. The van der Waals surface area contributed by atoms with Crippen LogP contribution in [0.2, 0.25) is 0 Å². The summed E-state index contributed by atoms with van der Waals surface area (Å²) in [7, 11) is 0. The number of ether oxygens (including phenoxy) is 2. The van der Waals surface area contributed by atoms with E-state index in [-0.39, 0.29) is 22.5 Å². The van der Waals surface area contributed by atoms with Crippen LogP contribution >= 0.6 is 0 Å². The zero-order chi connectivity index (χ0) is 23.2. The molecule has 0 amide bonds. The highest BCUT2D eigenvalue weighted by Crippen LogP contribution is 2.36. The van der Waals surface area contributed by atoms with Crippen LogP contribution in [-0.2, 0) is 9.53 Å². The highest BCUT2D eigenvalue weighted by atomic mass is 16.7. The Bertz CT molecular complexity index is 1220. The lowest BCUT2D eigenvalue weighted by atomic mass is 9.99. The van der Waals surface area contributed by atoms with E-state index in [0.29, 0.717) is 5.56 Å². The number of benzene rings is 2. The minimum absolute atomic E-state index is 0.155. The zero-order valence-electron chi connectivity index (χ0n) is 16.2. The molecule has 0 saturated carbocycles. The number of phenols is 1. The van der Waals surface area contributed by atoms with Gasteiger partial charge in [0.05, 0.1) is 0 Å². The average molecular weight is 446 g/mol. The molecule has 2 aromatic carbocycles. The van der Waals surface area contributed by atoms with Gasteiger partial charge in [-0.2, -0.15) is 0 Å². The lowest BCUT2D eigenvalue weighted by Gasteiger charge is -2.38. The van der Waals surface area contributed by atoms with E-state index in [1.54, 1.807) is 30.3 Å². The van der Waals surface area contributed by atoms with Gasteiger partial charge in [-0.15, -0.1) is 0 Å². The number of fused-ring (bicyclic) bond motifs is 1. The van der Waals surface area contributed by atoms with Crippen molar-refractivity contribution in [1.29, 1.82) is 0 Å². The van der Waals surface area contributed by atoms with E-state index in [1.807, 2.05) is 0 Å². The Hall–Kier alpha value is -3.64. The number of hydrogen-bond donors (Lipinski definition) is 6. The van der Waals surface area contributed by atoms with Crippen molar-refractivity contribution >= 4 is 16.9 Å². The van der Waals surface area contributed by atoms with Crippen LogP contribution in [0.25, 0.3) is 22.3 Å². The second-order valence-corrected chi connectivity index (χ2v) is 7.14. The summed E-state index contributed by atoms with van der Waals surface area (Å²) in [5.74, 6) is -3.29. The molecule has 5 atom stereocenters. The normalized spacial score (nSPS) is 25.5. The lowest BCUT2D eigenvalue weighted by molar-refractivity contribution is -0.271. The maximum Gasteiger partial charge on any atom is 0.335 e. The van der Waals surface area contributed by atoms with Crippen LogP contribution in [-0.4, -0.2) is 67.3 Å². The lowest BCUT2D eigenvalue weighted by Crippen LogP contribution is -2.61. The highest BCUT2D eigenvalue weighted by molar-refractivity contribution is 5.88. The van der Waals surface area contributed by atoms with Crippen LogP contribution in [0.15, 0.2) is 51.7 Å². The first kappa shape index (κ1) is 21.6. The molecule has 32 heavy (non-hydrogen) atoms. The molecule has 11 heteroatoms. The Morgan fingerprint density at radius 3 is 2.31 bits per heavy atom. The summed E-state index contributed by atoms with van der Waals surface area (Å²) >= 11 is 0. The van der Waals surface area contributed by atoms with Gasteiger partial charge in [0.25, 0.3) is 0 Å². The SMILES string of the molecule is O=C(O)[C@H]1O[C@@H](Oc2cc(O)c3c(=O)c(O)c(-c4ccccc4)oc3c2)[C@H](O)[C@@H](O)[C@@H]1O. The molecule has 2 heterocycles. The number of aromatic hydroxyl groups is 2. The fraction of sp³-hybridized carbons (Fsp3) is 0.238.